The Morgan fingerprint density at radius 3 is 2.45 bits per heavy atom. The Bertz CT molecular complexity index is 141. The molecule has 0 saturated heterocycles. The van der Waals surface area contributed by atoms with Gasteiger partial charge in [-0.1, -0.05) is 24.3 Å². The molecule has 0 aromatic heterocycles. The summed E-state index contributed by atoms with van der Waals surface area (Å²) in [5.74, 6) is 0. The third-order valence-corrected chi connectivity index (χ3v) is 0.731. The number of aliphatic hydroxyl groups excluding tert-OH is 1. The topological polar surface area (TPSA) is 32.6 Å². The van der Waals surface area contributed by atoms with Crippen molar-refractivity contribution in [3.05, 3.63) is 23.9 Å². The summed E-state index contributed by atoms with van der Waals surface area (Å²) in [6, 6.07) is 0. The van der Waals surface area contributed by atoms with E-state index in [1.165, 1.54) is 0 Å². The molecule has 0 aliphatic heterocycles. The van der Waals surface area contributed by atoms with Crippen LogP contribution in [0.2, 0.25) is 0 Å². The minimum atomic E-state index is 0.250. The molecule has 3 heteroatoms. The van der Waals surface area contributed by atoms with Crippen LogP contribution in [0.1, 0.15) is 13.8 Å². The van der Waals surface area contributed by atoms with Crippen LogP contribution in [0.3, 0.4) is 0 Å². The van der Waals surface area contributed by atoms with Crippen LogP contribution in [0.4, 0.5) is 0 Å². The minimum Gasteiger partial charge on any atom is -0.397 e. The first-order valence-corrected chi connectivity index (χ1v) is 3.68. The predicted molar refractivity (Wildman–Crippen MR) is 51.1 cm³/mol. The molecule has 0 radical (unpaired) electrons. The van der Waals surface area contributed by atoms with E-state index >= 15 is 0 Å². The summed E-state index contributed by atoms with van der Waals surface area (Å²) < 4.78 is 0. The van der Waals surface area contributed by atoms with E-state index in [4.69, 9.17) is 16.7 Å². The standard InChI is InChI=1S/C6H8ClN.C2H6O/c1-3-5-6(7)8-4-2;1-2-3/h3-5H,1H2,2H3;3H,2H2,1H3/b6-5-,8-4-;. The lowest BCUT2D eigenvalue weighted by Gasteiger charge is -1.79. The van der Waals surface area contributed by atoms with Gasteiger partial charge in [-0.3, -0.25) is 0 Å². The molecule has 11 heavy (non-hydrogen) atoms. The van der Waals surface area contributed by atoms with E-state index in [0.717, 1.165) is 0 Å². The van der Waals surface area contributed by atoms with Gasteiger partial charge in [-0.2, -0.15) is 0 Å². The van der Waals surface area contributed by atoms with Crippen LogP contribution >= 0.6 is 11.6 Å². The monoisotopic (exact) mass is 175 g/mol. The van der Waals surface area contributed by atoms with Crippen molar-refractivity contribution in [2.45, 2.75) is 13.8 Å². The van der Waals surface area contributed by atoms with Gasteiger partial charge in [0.25, 0.3) is 0 Å². The minimum absolute atomic E-state index is 0.250. The van der Waals surface area contributed by atoms with Crippen molar-refractivity contribution < 1.29 is 5.11 Å². The van der Waals surface area contributed by atoms with Crippen LogP contribution in [0.25, 0.3) is 0 Å². The zero-order valence-electron chi connectivity index (χ0n) is 6.92. The maximum absolute atomic E-state index is 7.57. The lowest BCUT2D eigenvalue weighted by Crippen LogP contribution is -1.61. The van der Waals surface area contributed by atoms with Crippen molar-refractivity contribution in [2.24, 2.45) is 4.99 Å². The van der Waals surface area contributed by atoms with Crippen molar-refractivity contribution >= 4 is 17.8 Å². The van der Waals surface area contributed by atoms with E-state index in [1.54, 1.807) is 32.2 Å². The molecule has 1 N–H and O–H groups in total. The number of hydrogen-bond acceptors (Lipinski definition) is 2. The largest absolute Gasteiger partial charge is 0.397 e. The number of hydrogen-bond donors (Lipinski definition) is 1. The number of rotatable bonds is 2. The molecule has 2 nitrogen and oxygen atoms in total. The SMILES string of the molecule is C=C/C=C(Cl)\N=C/C.CCO. The van der Waals surface area contributed by atoms with Gasteiger partial charge in [0.2, 0.25) is 0 Å². The first kappa shape index (κ1) is 13.0. The third kappa shape index (κ3) is 17.7. The fourth-order valence-corrected chi connectivity index (χ4v) is 0.450. The predicted octanol–water partition coefficient (Wildman–Crippen LogP) is 2.34. The Morgan fingerprint density at radius 2 is 2.18 bits per heavy atom. The second-order valence-corrected chi connectivity index (χ2v) is 1.82. The third-order valence-electron chi connectivity index (χ3n) is 0.508. The number of allylic oxidation sites excluding steroid dienone is 2. The van der Waals surface area contributed by atoms with Crippen LogP contribution in [-0.4, -0.2) is 17.9 Å². The number of aliphatic imine (C=N–C) groups is 1. The summed E-state index contributed by atoms with van der Waals surface area (Å²) >= 11 is 5.47. The molecule has 0 heterocycles. The summed E-state index contributed by atoms with van der Waals surface area (Å²) in [5.41, 5.74) is 0. The molecule has 64 valence electrons. The van der Waals surface area contributed by atoms with Crippen LogP contribution in [-0.2, 0) is 0 Å². The number of halogens is 1. The summed E-state index contributed by atoms with van der Waals surface area (Å²) in [5, 5.41) is 8.03. The van der Waals surface area contributed by atoms with Crippen molar-refractivity contribution in [3.63, 3.8) is 0 Å². The lowest BCUT2D eigenvalue weighted by molar-refractivity contribution is 0.318. The highest BCUT2D eigenvalue weighted by Gasteiger charge is 1.76. The summed E-state index contributed by atoms with van der Waals surface area (Å²) in [6.07, 6.45) is 4.85. The Kier molecular flexibility index (Phi) is 14.3. The zero-order chi connectivity index (χ0) is 9.11. The van der Waals surface area contributed by atoms with E-state index in [2.05, 4.69) is 11.6 Å². The molecule has 0 spiro atoms. The van der Waals surface area contributed by atoms with Crippen molar-refractivity contribution in [1.29, 1.82) is 0 Å². The molecular weight excluding hydrogens is 162 g/mol. The second kappa shape index (κ2) is 12.1. The number of nitrogens with zero attached hydrogens (tertiary/aromatic N) is 1. The summed E-state index contributed by atoms with van der Waals surface area (Å²) in [6.45, 7) is 7.18. The highest BCUT2D eigenvalue weighted by atomic mass is 35.5. The fourth-order valence-electron chi connectivity index (χ4n) is 0.264. The van der Waals surface area contributed by atoms with Crippen LogP contribution in [0.5, 0.6) is 0 Å². The first-order valence-electron chi connectivity index (χ1n) is 3.30. The molecular formula is C8H14ClNO. The average molecular weight is 176 g/mol. The maximum atomic E-state index is 7.57. The fraction of sp³-hybridized carbons (Fsp3) is 0.375. The van der Waals surface area contributed by atoms with Gasteiger partial charge in [0, 0.05) is 12.8 Å². The molecule has 0 aromatic rings. The quantitative estimate of drug-likeness (QED) is 0.390. The zero-order valence-corrected chi connectivity index (χ0v) is 7.67. The van der Waals surface area contributed by atoms with E-state index in [0.29, 0.717) is 5.16 Å². The molecule has 0 atom stereocenters. The summed E-state index contributed by atoms with van der Waals surface area (Å²) in [7, 11) is 0. The normalized spacial score (nSPS) is 10.7. The van der Waals surface area contributed by atoms with Gasteiger partial charge in [-0.25, -0.2) is 4.99 Å². The first-order chi connectivity index (χ1) is 5.22. The van der Waals surface area contributed by atoms with Crippen molar-refractivity contribution in [1.82, 2.24) is 0 Å². The molecule has 0 bridgehead atoms. The number of aliphatic hydroxyl groups is 1. The van der Waals surface area contributed by atoms with Gasteiger partial charge in [0.05, 0.1) is 0 Å². The molecule has 0 fully saturated rings. The van der Waals surface area contributed by atoms with E-state index < -0.39 is 0 Å². The molecule has 0 saturated carbocycles. The smallest absolute Gasteiger partial charge is 0.128 e. The molecule has 0 rings (SSSR count). The van der Waals surface area contributed by atoms with Gasteiger partial charge in [-0.05, 0) is 19.9 Å². The van der Waals surface area contributed by atoms with Crippen LogP contribution < -0.4 is 0 Å². The van der Waals surface area contributed by atoms with Gasteiger partial charge in [0.15, 0.2) is 0 Å². The maximum Gasteiger partial charge on any atom is 0.128 e. The Labute approximate surface area is 72.9 Å². The molecule has 0 aromatic carbocycles. The molecule has 0 aliphatic rings. The summed E-state index contributed by atoms with van der Waals surface area (Å²) in [4.78, 5) is 3.74. The highest BCUT2D eigenvalue weighted by molar-refractivity contribution is 6.29. The van der Waals surface area contributed by atoms with Gasteiger partial charge in [0.1, 0.15) is 5.16 Å². The van der Waals surface area contributed by atoms with E-state index in [9.17, 15) is 0 Å². The average Bonchev–Trinajstić information content (AvgIpc) is 1.90. The molecule has 0 unspecified atom stereocenters. The molecule has 0 amide bonds. The molecule has 0 aliphatic carbocycles. The van der Waals surface area contributed by atoms with Crippen molar-refractivity contribution in [2.75, 3.05) is 6.61 Å². The van der Waals surface area contributed by atoms with Gasteiger partial charge in [-0.15, -0.1) is 0 Å². The van der Waals surface area contributed by atoms with E-state index in [1.807, 2.05) is 0 Å². The Balaban J connectivity index is 0. The van der Waals surface area contributed by atoms with Crippen LogP contribution in [0, 0.1) is 0 Å². The highest BCUT2D eigenvalue weighted by Crippen LogP contribution is 2.00. The van der Waals surface area contributed by atoms with E-state index in [-0.39, 0.29) is 6.61 Å². The van der Waals surface area contributed by atoms with Crippen LogP contribution in [0.15, 0.2) is 28.9 Å². The van der Waals surface area contributed by atoms with Gasteiger partial charge < -0.3 is 5.11 Å². The lowest BCUT2D eigenvalue weighted by atomic mass is 10.6. The Morgan fingerprint density at radius 1 is 1.73 bits per heavy atom. The van der Waals surface area contributed by atoms with Gasteiger partial charge >= 0.3 is 0 Å². The Hall–Kier alpha value is -0.600. The second-order valence-electron chi connectivity index (χ2n) is 1.43. The van der Waals surface area contributed by atoms with Crippen molar-refractivity contribution in [3.8, 4) is 0 Å².